The van der Waals surface area contributed by atoms with Gasteiger partial charge in [0.25, 0.3) is 0 Å². The molecule has 0 saturated heterocycles. The van der Waals surface area contributed by atoms with Crippen molar-refractivity contribution in [1.82, 2.24) is 9.97 Å². The standard InChI is InChI=1S/C18H16F2N4O/c1-21-18-23-15(12-5-3-2-4-6-12)11-16(24-18)22-13-7-9-14(10-8-13)25-17(19)20/h2-11,17H,1H3,(H2,21,22,23,24). The Morgan fingerprint density at radius 3 is 2.32 bits per heavy atom. The van der Waals surface area contributed by atoms with Gasteiger partial charge in [0.1, 0.15) is 11.6 Å². The minimum absolute atomic E-state index is 0.101. The lowest BCUT2D eigenvalue weighted by molar-refractivity contribution is -0.0498. The van der Waals surface area contributed by atoms with Crippen molar-refractivity contribution in [3.05, 3.63) is 60.7 Å². The summed E-state index contributed by atoms with van der Waals surface area (Å²) < 4.78 is 28.7. The minimum atomic E-state index is -2.84. The van der Waals surface area contributed by atoms with Crippen molar-refractivity contribution < 1.29 is 13.5 Å². The summed E-state index contributed by atoms with van der Waals surface area (Å²) in [5, 5.41) is 6.06. The van der Waals surface area contributed by atoms with Crippen LogP contribution in [0.4, 0.5) is 26.2 Å². The van der Waals surface area contributed by atoms with Gasteiger partial charge in [-0.1, -0.05) is 30.3 Å². The maximum Gasteiger partial charge on any atom is 0.387 e. The van der Waals surface area contributed by atoms with Crippen molar-refractivity contribution in [2.45, 2.75) is 6.61 Å². The van der Waals surface area contributed by atoms with Crippen LogP contribution < -0.4 is 15.4 Å². The second-order valence-corrected chi connectivity index (χ2v) is 5.11. The molecule has 7 heteroatoms. The Morgan fingerprint density at radius 2 is 1.68 bits per heavy atom. The molecule has 0 fully saturated rings. The Morgan fingerprint density at radius 1 is 0.960 bits per heavy atom. The Balaban J connectivity index is 1.84. The lowest BCUT2D eigenvalue weighted by atomic mass is 10.1. The van der Waals surface area contributed by atoms with E-state index in [1.54, 1.807) is 19.2 Å². The number of ether oxygens (including phenoxy) is 1. The third-order valence-corrected chi connectivity index (χ3v) is 3.37. The van der Waals surface area contributed by atoms with Gasteiger partial charge in [0.2, 0.25) is 5.95 Å². The molecule has 1 heterocycles. The van der Waals surface area contributed by atoms with Crippen LogP contribution in [0.25, 0.3) is 11.3 Å². The number of rotatable bonds is 6. The molecule has 2 aromatic carbocycles. The Kier molecular flexibility index (Phi) is 5.03. The SMILES string of the molecule is CNc1nc(Nc2ccc(OC(F)F)cc2)cc(-c2ccccc2)n1. The first-order valence-electron chi connectivity index (χ1n) is 7.58. The average Bonchev–Trinajstić information content (AvgIpc) is 2.63. The van der Waals surface area contributed by atoms with Crippen LogP contribution in [-0.2, 0) is 0 Å². The largest absolute Gasteiger partial charge is 0.435 e. The van der Waals surface area contributed by atoms with Gasteiger partial charge in [0, 0.05) is 24.4 Å². The normalized spacial score (nSPS) is 10.6. The summed E-state index contributed by atoms with van der Waals surface area (Å²) in [6.45, 7) is -2.84. The van der Waals surface area contributed by atoms with E-state index < -0.39 is 6.61 Å². The molecule has 5 nitrogen and oxygen atoms in total. The van der Waals surface area contributed by atoms with E-state index in [4.69, 9.17) is 0 Å². The van der Waals surface area contributed by atoms with Gasteiger partial charge in [-0.2, -0.15) is 13.8 Å². The van der Waals surface area contributed by atoms with Gasteiger partial charge in [-0.05, 0) is 24.3 Å². The molecule has 1 aromatic heterocycles. The van der Waals surface area contributed by atoms with Crippen molar-refractivity contribution in [2.75, 3.05) is 17.7 Å². The van der Waals surface area contributed by atoms with Crippen LogP contribution in [0, 0.1) is 0 Å². The molecule has 3 rings (SSSR count). The van der Waals surface area contributed by atoms with E-state index in [1.807, 2.05) is 36.4 Å². The molecule has 0 bridgehead atoms. The van der Waals surface area contributed by atoms with E-state index >= 15 is 0 Å². The number of benzene rings is 2. The molecular weight excluding hydrogens is 326 g/mol. The van der Waals surface area contributed by atoms with Crippen molar-refractivity contribution >= 4 is 17.5 Å². The second kappa shape index (κ2) is 7.57. The van der Waals surface area contributed by atoms with E-state index in [-0.39, 0.29) is 5.75 Å². The second-order valence-electron chi connectivity index (χ2n) is 5.11. The Labute approximate surface area is 143 Å². The fraction of sp³-hybridized carbons (Fsp3) is 0.111. The molecule has 3 aromatic rings. The highest BCUT2D eigenvalue weighted by atomic mass is 19.3. The van der Waals surface area contributed by atoms with Crippen LogP contribution in [0.1, 0.15) is 0 Å². The maximum atomic E-state index is 12.2. The summed E-state index contributed by atoms with van der Waals surface area (Å²) in [4.78, 5) is 8.80. The van der Waals surface area contributed by atoms with Crippen LogP contribution in [0.15, 0.2) is 60.7 Å². The number of nitrogens with zero attached hydrogens (tertiary/aromatic N) is 2. The lowest BCUT2D eigenvalue weighted by Crippen LogP contribution is -2.03. The zero-order valence-electron chi connectivity index (χ0n) is 13.4. The van der Waals surface area contributed by atoms with Gasteiger partial charge < -0.3 is 15.4 Å². The molecule has 0 aliphatic heterocycles. The topological polar surface area (TPSA) is 59.1 Å². The molecule has 0 amide bonds. The van der Waals surface area contributed by atoms with Gasteiger partial charge in [0.15, 0.2) is 0 Å². The molecule has 25 heavy (non-hydrogen) atoms. The van der Waals surface area contributed by atoms with E-state index in [0.29, 0.717) is 17.5 Å². The molecule has 0 spiro atoms. The number of hydrogen-bond donors (Lipinski definition) is 2. The molecule has 2 N–H and O–H groups in total. The zero-order chi connectivity index (χ0) is 17.6. The molecule has 0 atom stereocenters. The summed E-state index contributed by atoms with van der Waals surface area (Å²) in [6, 6.07) is 17.8. The predicted octanol–water partition coefficient (Wildman–Crippen LogP) is 4.53. The maximum absolute atomic E-state index is 12.2. The lowest BCUT2D eigenvalue weighted by Gasteiger charge is -2.11. The summed E-state index contributed by atoms with van der Waals surface area (Å²) >= 11 is 0. The first kappa shape index (κ1) is 16.6. The van der Waals surface area contributed by atoms with Gasteiger partial charge in [-0.25, -0.2) is 4.98 Å². The van der Waals surface area contributed by atoms with E-state index in [2.05, 4.69) is 25.3 Å². The molecule has 0 unspecified atom stereocenters. The van der Waals surface area contributed by atoms with Crippen molar-refractivity contribution in [2.24, 2.45) is 0 Å². The number of hydrogen-bond acceptors (Lipinski definition) is 5. The smallest absolute Gasteiger partial charge is 0.387 e. The fourth-order valence-corrected chi connectivity index (χ4v) is 2.25. The summed E-state index contributed by atoms with van der Waals surface area (Å²) in [5.41, 5.74) is 2.42. The van der Waals surface area contributed by atoms with Gasteiger partial charge in [0.05, 0.1) is 5.69 Å². The third-order valence-electron chi connectivity index (χ3n) is 3.37. The predicted molar refractivity (Wildman–Crippen MR) is 93.4 cm³/mol. The van der Waals surface area contributed by atoms with Crippen LogP contribution in [0.2, 0.25) is 0 Å². The molecule has 0 radical (unpaired) electrons. The molecule has 0 aliphatic rings. The van der Waals surface area contributed by atoms with Crippen LogP contribution in [0.5, 0.6) is 5.75 Å². The van der Waals surface area contributed by atoms with Crippen LogP contribution in [0.3, 0.4) is 0 Å². The number of anilines is 3. The monoisotopic (exact) mass is 342 g/mol. The van der Waals surface area contributed by atoms with Gasteiger partial charge in [-0.15, -0.1) is 0 Å². The van der Waals surface area contributed by atoms with Crippen molar-refractivity contribution in [1.29, 1.82) is 0 Å². The summed E-state index contributed by atoms with van der Waals surface area (Å²) in [5.74, 6) is 1.16. The van der Waals surface area contributed by atoms with E-state index in [0.717, 1.165) is 11.3 Å². The first-order valence-corrected chi connectivity index (χ1v) is 7.58. The number of alkyl halides is 2. The Bertz CT molecular complexity index is 826. The first-order chi connectivity index (χ1) is 12.1. The Hall–Kier alpha value is -3.22. The molecular formula is C18H16F2N4O. The van der Waals surface area contributed by atoms with Crippen LogP contribution in [-0.4, -0.2) is 23.6 Å². The summed E-state index contributed by atoms with van der Waals surface area (Å²) in [7, 11) is 1.74. The minimum Gasteiger partial charge on any atom is -0.435 e. The van der Waals surface area contributed by atoms with Crippen LogP contribution >= 0.6 is 0 Å². The molecule has 128 valence electrons. The van der Waals surface area contributed by atoms with Crippen molar-refractivity contribution in [3.63, 3.8) is 0 Å². The molecule has 0 saturated carbocycles. The highest BCUT2D eigenvalue weighted by molar-refractivity contribution is 5.67. The summed E-state index contributed by atoms with van der Waals surface area (Å²) in [6.07, 6.45) is 0. The van der Waals surface area contributed by atoms with E-state index in [9.17, 15) is 8.78 Å². The zero-order valence-corrected chi connectivity index (χ0v) is 13.4. The van der Waals surface area contributed by atoms with E-state index in [1.165, 1.54) is 12.1 Å². The highest BCUT2D eigenvalue weighted by Gasteiger charge is 2.07. The highest BCUT2D eigenvalue weighted by Crippen LogP contribution is 2.24. The number of nitrogens with one attached hydrogen (secondary N) is 2. The number of aromatic nitrogens is 2. The van der Waals surface area contributed by atoms with Crippen molar-refractivity contribution in [3.8, 4) is 17.0 Å². The average molecular weight is 342 g/mol. The fourth-order valence-electron chi connectivity index (χ4n) is 2.25. The quantitative estimate of drug-likeness (QED) is 0.689. The molecule has 0 aliphatic carbocycles. The van der Waals surface area contributed by atoms with Gasteiger partial charge >= 0.3 is 6.61 Å². The van der Waals surface area contributed by atoms with Gasteiger partial charge in [-0.3, -0.25) is 0 Å². The third kappa shape index (κ3) is 4.41. The number of halogens is 2.